The number of benzene rings is 1. The first-order valence-electron chi connectivity index (χ1n) is 6.19. The third-order valence-corrected chi connectivity index (χ3v) is 3.10. The van der Waals surface area contributed by atoms with Crippen LogP contribution in [0.2, 0.25) is 5.02 Å². The first-order valence-corrected chi connectivity index (χ1v) is 6.57. The number of ether oxygens (including phenoxy) is 3. The maximum Gasteiger partial charge on any atom is 0.321 e. The number of carbonyl (C=O) groups is 1. The maximum absolute atomic E-state index is 12.1. The van der Waals surface area contributed by atoms with Crippen LogP contribution >= 0.6 is 11.6 Å². The van der Waals surface area contributed by atoms with E-state index in [4.69, 9.17) is 25.8 Å². The molecule has 110 valence electrons. The Bertz CT molecular complexity index is 477. The highest BCUT2D eigenvalue weighted by Crippen LogP contribution is 2.27. The fourth-order valence-corrected chi connectivity index (χ4v) is 1.98. The summed E-state index contributed by atoms with van der Waals surface area (Å²) in [7, 11) is 3.19. The lowest BCUT2D eigenvalue weighted by Gasteiger charge is -2.21. The number of methoxy groups -OCH3 is 1. The van der Waals surface area contributed by atoms with Crippen molar-refractivity contribution in [3.63, 3.8) is 0 Å². The van der Waals surface area contributed by atoms with Gasteiger partial charge in [-0.15, -0.1) is 0 Å². The molecule has 0 radical (unpaired) electrons. The predicted octanol–water partition coefficient (Wildman–Crippen LogP) is 2.19. The number of nitrogens with zero attached hydrogens (tertiary/aromatic N) is 1. The molecule has 2 rings (SSSR count). The van der Waals surface area contributed by atoms with Crippen LogP contribution in [-0.2, 0) is 9.47 Å². The number of amides is 2. The van der Waals surface area contributed by atoms with Crippen molar-refractivity contribution in [2.24, 2.45) is 0 Å². The first-order chi connectivity index (χ1) is 9.60. The van der Waals surface area contributed by atoms with Crippen LogP contribution in [0.15, 0.2) is 18.2 Å². The Morgan fingerprint density at radius 3 is 2.85 bits per heavy atom. The largest absolute Gasteiger partial charge is 0.495 e. The second-order valence-electron chi connectivity index (χ2n) is 4.33. The van der Waals surface area contributed by atoms with Crippen molar-refractivity contribution in [1.82, 2.24) is 4.90 Å². The van der Waals surface area contributed by atoms with Crippen LogP contribution in [-0.4, -0.2) is 51.1 Å². The normalized spacial score (nSPS) is 15.2. The molecule has 20 heavy (non-hydrogen) atoms. The molecule has 6 nitrogen and oxygen atoms in total. The van der Waals surface area contributed by atoms with E-state index in [9.17, 15) is 4.79 Å². The predicted molar refractivity (Wildman–Crippen MR) is 75.3 cm³/mol. The fourth-order valence-electron chi connectivity index (χ4n) is 1.81. The molecule has 0 saturated carbocycles. The number of carbonyl (C=O) groups excluding carboxylic acids is 1. The van der Waals surface area contributed by atoms with Gasteiger partial charge in [-0.3, -0.25) is 0 Å². The maximum atomic E-state index is 12.1. The Morgan fingerprint density at radius 1 is 1.50 bits per heavy atom. The van der Waals surface area contributed by atoms with E-state index in [0.29, 0.717) is 36.2 Å². The van der Waals surface area contributed by atoms with Crippen LogP contribution in [0.3, 0.4) is 0 Å². The molecular weight excluding hydrogens is 284 g/mol. The summed E-state index contributed by atoms with van der Waals surface area (Å²) in [6.45, 7) is 1.47. The van der Waals surface area contributed by atoms with Crippen molar-refractivity contribution in [3.8, 4) is 5.75 Å². The molecule has 7 heteroatoms. The van der Waals surface area contributed by atoms with E-state index in [2.05, 4.69) is 5.32 Å². The molecule has 0 aliphatic carbocycles. The smallest absolute Gasteiger partial charge is 0.321 e. The minimum Gasteiger partial charge on any atom is -0.495 e. The Labute approximate surface area is 122 Å². The molecule has 2 amide bonds. The average Bonchev–Trinajstić information content (AvgIpc) is 2.91. The molecule has 1 aromatic carbocycles. The highest BCUT2D eigenvalue weighted by Gasteiger charge is 2.21. The number of hydrogen-bond donors (Lipinski definition) is 1. The van der Waals surface area contributed by atoms with Gasteiger partial charge in [0.15, 0.2) is 6.29 Å². The van der Waals surface area contributed by atoms with Crippen molar-refractivity contribution in [1.29, 1.82) is 0 Å². The quantitative estimate of drug-likeness (QED) is 0.926. The summed E-state index contributed by atoms with van der Waals surface area (Å²) in [4.78, 5) is 13.6. The zero-order valence-corrected chi connectivity index (χ0v) is 12.1. The van der Waals surface area contributed by atoms with Gasteiger partial charge in [-0.25, -0.2) is 4.79 Å². The molecule has 1 saturated heterocycles. The first kappa shape index (κ1) is 14.9. The van der Waals surface area contributed by atoms with Crippen molar-refractivity contribution in [3.05, 3.63) is 23.2 Å². The third kappa shape index (κ3) is 3.75. The van der Waals surface area contributed by atoms with E-state index >= 15 is 0 Å². The summed E-state index contributed by atoms with van der Waals surface area (Å²) in [5, 5.41) is 3.26. The lowest BCUT2D eigenvalue weighted by atomic mass is 10.3. The molecule has 0 atom stereocenters. The van der Waals surface area contributed by atoms with E-state index < -0.39 is 0 Å². The van der Waals surface area contributed by atoms with Crippen LogP contribution in [0.25, 0.3) is 0 Å². The second-order valence-corrected chi connectivity index (χ2v) is 4.76. The number of nitrogens with one attached hydrogen (secondary N) is 1. The van der Waals surface area contributed by atoms with Crippen LogP contribution in [0, 0.1) is 0 Å². The number of anilines is 1. The summed E-state index contributed by atoms with van der Waals surface area (Å²) >= 11 is 5.91. The van der Waals surface area contributed by atoms with E-state index in [-0.39, 0.29) is 12.3 Å². The lowest BCUT2D eigenvalue weighted by Crippen LogP contribution is -2.37. The van der Waals surface area contributed by atoms with Gasteiger partial charge in [0.05, 0.1) is 32.6 Å². The molecular formula is C13H17ClN2O4. The molecule has 1 aliphatic rings. The van der Waals surface area contributed by atoms with Gasteiger partial charge in [-0.1, -0.05) is 11.6 Å². The molecule has 1 fully saturated rings. The van der Waals surface area contributed by atoms with Gasteiger partial charge in [0.1, 0.15) is 5.75 Å². The minimum atomic E-state index is -0.369. The molecule has 0 bridgehead atoms. The molecule has 1 N–H and O–H groups in total. The number of rotatable bonds is 4. The van der Waals surface area contributed by atoms with Crippen molar-refractivity contribution < 1.29 is 19.0 Å². The minimum absolute atomic E-state index is 0.287. The van der Waals surface area contributed by atoms with Crippen LogP contribution < -0.4 is 10.1 Å². The number of hydrogen-bond acceptors (Lipinski definition) is 4. The Balaban J connectivity index is 1.97. The monoisotopic (exact) mass is 300 g/mol. The highest BCUT2D eigenvalue weighted by atomic mass is 35.5. The summed E-state index contributed by atoms with van der Waals surface area (Å²) in [6, 6.07) is 4.74. The third-order valence-electron chi connectivity index (χ3n) is 2.86. The summed E-state index contributed by atoms with van der Waals surface area (Å²) in [6.07, 6.45) is -0.369. The molecule has 1 heterocycles. The zero-order valence-electron chi connectivity index (χ0n) is 11.4. The average molecular weight is 301 g/mol. The van der Waals surface area contributed by atoms with E-state index in [1.165, 1.54) is 12.0 Å². The van der Waals surface area contributed by atoms with Crippen molar-refractivity contribution in [2.45, 2.75) is 6.29 Å². The van der Waals surface area contributed by atoms with Gasteiger partial charge in [0.2, 0.25) is 0 Å². The lowest BCUT2D eigenvalue weighted by molar-refractivity contribution is -0.0518. The van der Waals surface area contributed by atoms with Gasteiger partial charge in [-0.2, -0.15) is 0 Å². The second kappa shape index (κ2) is 6.78. The molecule has 1 aromatic rings. The van der Waals surface area contributed by atoms with E-state index in [1.54, 1.807) is 25.2 Å². The SMILES string of the molecule is COc1ccc(Cl)cc1NC(=O)N(C)CC1OCCO1. The molecule has 0 aromatic heterocycles. The summed E-state index contributed by atoms with van der Waals surface area (Å²) in [5.41, 5.74) is 0.519. The van der Waals surface area contributed by atoms with E-state index in [0.717, 1.165) is 0 Å². The fraction of sp³-hybridized carbons (Fsp3) is 0.462. The Kier molecular flexibility index (Phi) is 5.05. The topological polar surface area (TPSA) is 60.0 Å². The van der Waals surface area contributed by atoms with Gasteiger partial charge in [0, 0.05) is 12.1 Å². The molecule has 1 aliphatic heterocycles. The van der Waals surface area contributed by atoms with Gasteiger partial charge >= 0.3 is 6.03 Å². The van der Waals surface area contributed by atoms with Gasteiger partial charge < -0.3 is 24.4 Å². The van der Waals surface area contributed by atoms with Gasteiger partial charge in [0.25, 0.3) is 0 Å². The standard InChI is InChI=1S/C13H17ClN2O4/c1-16(8-12-19-5-6-20-12)13(17)15-10-7-9(14)3-4-11(10)18-2/h3-4,7,12H,5-6,8H2,1-2H3,(H,15,17). The summed E-state index contributed by atoms with van der Waals surface area (Å²) in [5.74, 6) is 0.546. The number of likely N-dealkylation sites (N-methyl/N-ethyl adjacent to an activating group) is 1. The Morgan fingerprint density at radius 2 is 2.20 bits per heavy atom. The van der Waals surface area contributed by atoms with Gasteiger partial charge in [-0.05, 0) is 18.2 Å². The van der Waals surface area contributed by atoms with Crippen LogP contribution in [0.1, 0.15) is 0 Å². The summed E-state index contributed by atoms with van der Waals surface area (Å²) < 4.78 is 15.8. The number of halogens is 1. The van der Waals surface area contributed by atoms with Crippen molar-refractivity contribution >= 4 is 23.3 Å². The van der Waals surface area contributed by atoms with Crippen LogP contribution in [0.4, 0.5) is 10.5 Å². The molecule has 0 unspecified atom stereocenters. The zero-order chi connectivity index (χ0) is 14.5. The van der Waals surface area contributed by atoms with E-state index in [1.807, 2.05) is 0 Å². The van der Waals surface area contributed by atoms with Crippen molar-refractivity contribution in [2.75, 3.05) is 39.2 Å². The number of urea groups is 1. The molecule has 0 spiro atoms. The highest BCUT2D eigenvalue weighted by molar-refractivity contribution is 6.31. The van der Waals surface area contributed by atoms with Crippen LogP contribution in [0.5, 0.6) is 5.75 Å². The Hall–Kier alpha value is -1.50.